The maximum atomic E-state index is 11.8. The van der Waals surface area contributed by atoms with E-state index < -0.39 is 21.0 Å². The number of hydrogen-bond acceptors (Lipinski definition) is 5. The molecule has 100 valence electrons. The molecule has 1 atom stereocenters. The average Bonchev–Trinajstić information content (AvgIpc) is 2.20. The van der Waals surface area contributed by atoms with Gasteiger partial charge >= 0.3 is 5.12 Å². The van der Waals surface area contributed by atoms with Gasteiger partial charge in [-0.1, -0.05) is 6.58 Å². The van der Waals surface area contributed by atoms with Gasteiger partial charge in [-0.15, -0.1) is 0 Å². The van der Waals surface area contributed by atoms with Crippen LogP contribution in [-0.2, 0) is 25.8 Å². The molecule has 0 aromatic carbocycles. The van der Waals surface area contributed by atoms with Crippen molar-refractivity contribution in [3.05, 3.63) is 12.2 Å². The Kier molecular flexibility index (Phi) is 8.19. The average molecular weight is 298 g/mol. The second-order valence-corrected chi connectivity index (χ2v) is 8.26. The van der Waals surface area contributed by atoms with Crippen molar-refractivity contribution in [3.63, 3.8) is 0 Å². The van der Waals surface area contributed by atoms with Crippen molar-refractivity contribution in [1.82, 2.24) is 0 Å². The lowest BCUT2D eigenvalue weighted by molar-refractivity contribution is -0.108. The molecule has 0 N–H and O–H groups in total. The Balaban J connectivity index is 4.29. The SMILES string of the molecule is C=C(C)C(=O)[S+](CCCS(=O)(=O)[O-])CCSC. The molecule has 0 aliphatic rings. The van der Waals surface area contributed by atoms with Crippen molar-refractivity contribution in [2.45, 2.75) is 13.3 Å². The van der Waals surface area contributed by atoms with Crippen LogP contribution in [0.2, 0.25) is 0 Å². The molecule has 1 unspecified atom stereocenters. The molecule has 0 saturated heterocycles. The van der Waals surface area contributed by atoms with Crippen LogP contribution in [-0.4, -0.2) is 47.4 Å². The Labute approximate surface area is 110 Å². The molecule has 0 amide bonds. The van der Waals surface area contributed by atoms with E-state index in [1.165, 1.54) is 0 Å². The lowest BCUT2D eigenvalue weighted by atomic mass is 10.4. The Morgan fingerprint density at radius 1 is 1.41 bits per heavy atom. The van der Waals surface area contributed by atoms with Crippen molar-refractivity contribution in [2.75, 3.05) is 29.3 Å². The van der Waals surface area contributed by atoms with Crippen LogP contribution >= 0.6 is 11.8 Å². The van der Waals surface area contributed by atoms with E-state index in [9.17, 15) is 17.8 Å². The van der Waals surface area contributed by atoms with Crippen molar-refractivity contribution in [1.29, 1.82) is 0 Å². The van der Waals surface area contributed by atoms with Crippen LogP contribution in [0.15, 0.2) is 12.2 Å². The van der Waals surface area contributed by atoms with Crippen LogP contribution in [0.3, 0.4) is 0 Å². The predicted molar refractivity (Wildman–Crippen MR) is 74.5 cm³/mol. The molecule has 4 nitrogen and oxygen atoms in total. The van der Waals surface area contributed by atoms with Crippen LogP contribution in [0.4, 0.5) is 0 Å². The van der Waals surface area contributed by atoms with E-state index in [0.717, 1.165) is 11.5 Å². The minimum absolute atomic E-state index is 0.00217. The topological polar surface area (TPSA) is 74.3 Å². The third kappa shape index (κ3) is 8.70. The molecule has 0 aromatic rings. The standard InChI is InChI=1S/C10H18O4S3/c1-9(2)10(11)16(7-5-15-3)6-4-8-17(12,13)14/h1,4-8H2,2-3H3. The Bertz CT molecular complexity index is 362. The molecule has 0 fully saturated rings. The molecule has 0 heterocycles. The fraction of sp³-hybridized carbons (Fsp3) is 0.700. The van der Waals surface area contributed by atoms with Crippen LogP contribution in [0.1, 0.15) is 13.3 Å². The molecular formula is C10H18O4S3. The van der Waals surface area contributed by atoms with Crippen molar-refractivity contribution < 1.29 is 17.8 Å². The maximum absolute atomic E-state index is 11.8. The van der Waals surface area contributed by atoms with Crippen LogP contribution in [0.5, 0.6) is 0 Å². The molecule has 0 bridgehead atoms. The lowest BCUT2D eigenvalue weighted by Gasteiger charge is -2.08. The van der Waals surface area contributed by atoms with Gasteiger partial charge in [-0.25, -0.2) is 13.2 Å². The molecule has 0 spiro atoms. The minimum atomic E-state index is -4.17. The molecular weight excluding hydrogens is 280 g/mol. The summed E-state index contributed by atoms with van der Waals surface area (Å²) in [6.07, 6.45) is 2.21. The first-order valence-electron chi connectivity index (χ1n) is 5.07. The van der Waals surface area contributed by atoms with Gasteiger partial charge in [0.25, 0.3) is 0 Å². The third-order valence-electron chi connectivity index (χ3n) is 1.93. The lowest BCUT2D eigenvalue weighted by Crippen LogP contribution is -2.25. The zero-order chi connectivity index (χ0) is 13.5. The summed E-state index contributed by atoms with van der Waals surface area (Å²) >= 11 is 1.64. The normalized spacial score (nSPS) is 13.4. The smallest absolute Gasteiger partial charge is 0.357 e. The highest BCUT2D eigenvalue weighted by Crippen LogP contribution is 2.10. The molecule has 0 aliphatic heterocycles. The zero-order valence-corrected chi connectivity index (χ0v) is 12.5. The van der Waals surface area contributed by atoms with Gasteiger partial charge in [0, 0.05) is 23.5 Å². The molecule has 0 aliphatic carbocycles. The summed E-state index contributed by atoms with van der Waals surface area (Å²) in [4.78, 5) is 11.8. The summed E-state index contributed by atoms with van der Waals surface area (Å²) in [5.41, 5.74) is 0.499. The summed E-state index contributed by atoms with van der Waals surface area (Å²) < 4.78 is 31.4. The first-order valence-corrected chi connectivity index (χ1v) is 9.61. The number of hydrogen-bond donors (Lipinski definition) is 0. The van der Waals surface area contributed by atoms with Crippen LogP contribution < -0.4 is 0 Å². The summed E-state index contributed by atoms with van der Waals surface area (Å²) in [6.45, 7) is 5.27. The zero-order valence-electron chi connectivity index (χ0n) is 10.1. The predicted octanol–water partition coefficient (Wildman–Crippen LogP) is 1.01. The number of carbonyl (C=O) groups is 1. The van der Waals surface area contributed by atoms with Crippen LogP contribution in [0, 0.1) is 0 Å². The van der Waals surface area contributed by atoms with Crippen molar-refractivity contribution in [3.8, 4) is 0 Å². The monoisotopic (exact) mass is 298 g/mol. The summed E-state index contributed by atoms with van der Waals surface area (Å²) in [5, 5.41) is 0.00217. The van der Waals surface area contributed by atoms with Gasteiger partial charge in [0.05, 0.1) is 21.0 Å². The number of carbonyl (C=O) groups excluding carboxylic acids is 1. The van der Waals surface area contributed by atoms with Crippen LogP contribution in [0.25, 0.3) is 0 Å². The van der Waals surface area contributed by atoms with E-state index in [0.29, 0.717) is 11.3 Å². The summed E-state index contributed by atoms with van der Waals surface area (Å²) in [5.74, 6) is 1.66. The first-order chi connectivity index (χ1) is 7.78. The first kappa shape index (κ1) is 17.0. The second-order valence-electron chi connectivity index (χ2n) is 3.58. The Hall–Kier alpha value is 0.0200. The van der Waals surface area contributed by atoms with Gasteiger partial charge in [-0.3, -0.25) is 0 Å². The van der Waals surface area contributed by atoms with E-state index >= 15 is 0 Å². The van der Waals surface area contributed by atoms with Gasteiger partial charge in [0.1, 0.15) is 11.5 Å². The van der Waals surface area contributed by atoms with Gasteiger partial charge in [0.2, 0.25) is 0 Å². The van der Waals surface area contributed by atoms with E-state index in [-0.39, 0.29) is 17.3 Å². The van der Waals surface area contributed by atoms with E-state index in [4.69, 9.17) is 0 Å². The van der Waals surface area contributed by atoms with Crippen molar-refractivity contribution in [2.24, 2.45) is 0 Å². The van der Waals surface area contributed by atoms with E-state index in [1.54, 1.807) is 18.7 Å². The van der Waals surface area contributed by atoms with E-state index in [2.05, 4.69) is 6.58 Å². The molecule has 0 saturated carbocycles. The van der Waals surface area contributed by atoms with Gasteiger partial charge in [-0.05, 0) is 13.2 Å². The van der Waals surface area contributed by atoms with Crippen molar-refractivity contribution >= 4 is 37.9 Å². The van der Waals surface area contributed by atoms with Gasteiger partial charge < -0.3 is 4.55 Å². The van der Waals surface area contributed by atoms with E-state index in [1.807, 2.05) is 6.26 Å². The second kappa shape index (κ2) is 8.18. The Morgan fingerprint density at radius 2 is 2.00 bits per heavy atom. The molecule has 7 heteroatoms. The number of rotatable bonds is 8. The maximum Gasteiger partial charge on any atom is 0.357 e. The van der Waals surface area contributed by atoms with Gasteiger partial charge in [0.15, 0.2) is 0 Å². The Morgan fingerprint density at radius 3 is 2.41 bits per heavy atom. The molecule has 0 radical (unpaired) electrons. The largest absolute Gasteiger partial charge is 0.748 e. The highest BCUT2D eigenvalue weighted by Gasteiger charge is 2.28. The minimum Gasteiger partial charge on any atom is -0.748 e. The molecule has 17 heavy (non-hydrogen) atoms. The summed E-state index contributed by atoms with van der Waals surface area (Å²) in [6, 6.07) is 0. The van der Waals surface area contributed by atoms with Gasteiger partial charge in [-0.2, -0.15) is 11.8 Å². The number of thioether (sulfide) groups is 1. The fourth-order valence-electron chi connectivity index (χ4n) is 1.13. The molecule has 0 rings (SSSR count). The quantitative estimate of drug-likeness (QED) is 0.380. The summed E-state index contributed by atoms with van der Waals surface area (Å²) in [7, 11) is -4.67. The highest BCUT2D eigenvalue weighted by molar-refractivity contribution is 8.12. The molecule has 0 aromatic heterocycles. The third-order valence-corrected chi connectivity index (χ3v) is 5.94. The highest BCUT2D eigenvalue weighted by atomic mass is 32.2. The fourth-order valence-corrected chi connectivity index (χ4v) is 4.84.